The molecule has 15 heavy (non-hydrogen) atoms. The predicted octanol–water partition coefficient (Wildman–Crippen LogP) is 0.647. The van der Waals surface area contributed by atoms with Gasteiger partial charge in [0.15, 0.2) is 0 Å². The number of hydrogen-bond acceptors (Lipinski definition) is 5. The molecule has 86 valence electrons. The second-order valence-corrected chi connectivity index (χ2v) is 5.44. The first-order valence-corrected chi connectivity index (χ1v) is 6.72. The third-order valence-corrected chi connectivity index (χ3v) is 3.34. The number of ether oxygens (including phenoxy) is 1. The van der Waals surface area contributed by atoms with Gasteiger partial charge in [0.2, 0.25) is 9.84 Å². The summed E-state index contributed by atoms with van der Waals surface area (Å²) in [5.41, 5.74) is 0. The van der Waals surface area contributed by atoms with Crippen LogP contribution in [0.15, 0.2) is 17.3 Å². The van der Waals surface area contributed by atoms with Crippen molar-refractivity contribution >= 4 is 16.1 Å². The molecule has 1 unspecified atom stereocenters. The highest BCUT2D eigenvalue weighted by Crippen LogP contribution is 2.19. The highest BCUT2D eigenvalue weighted by molar-refractivity contribution is 7.91. The molecule has 0 fully saturated rings. The Morgan fingerprint density at radius 3 is 2.73 bits per heavy atom. The van der Waals surface area contributed by atoms with E-state index in [1.165, 1.54) is 12.4 Å². The van der Waals surface area contributed by atoms with Crippen LogP contribution >= 0.6 is 0 Å². The van der Waals surface area contributed by atoms with Gasteiger partial charge in [0, 0.05) is 18.7 Å². The predicted molar refractivity (Wildman–Crippen MR) is 59.2 cm³/mol. The number of sulfone groups is 1. The minimum absolute atomic E-state index is 0.363. The average Bonchev–Trinajstić information content (AvgIpc) is 2.18. The van der Waals surface area contributed by atoms with Gasteiger partial charge in [-0.25, -0.2) is 13.4 Å². The summed E-state index contributed by atoms with van der Waals surface area (Å²) in [7, 11) is -3.45. The van der Waals surface area contributed by atoms with E-state index in [4.69, 9.17) is 4.74 Å². The monoisotopic (exact) mass is 232 g/mol. The third-order valence-electron chi connectivity index (χ3n) is 1.99. The minimum atomic E-state index is -3.45. The number of unbranched alkanes of at least 4 members (excludes halogenated alkanes) is 1. The molecule has 1 heterocycles. The molecule has 0 aliphatic carbocycles. The lowest BCUT2D eigenvalue weighted by Gasteiger charge is -2.29. The number of aliphatic imine (C=N–C) groups is 1. The smallest absolute Gasteiger partial charge is 0.332 e. The van der Waals surface area contributed by atoms with Crippen LogP contribution in [0.2, 0.25) is 0 Å². The molecule has 0 spiro atoms. The van der Waals surface area contributed by atoms with Crippen molar-refractivity contribution in [1.29, 1.82) is 0 Å². The molecule has 0 amide bonds. The quantitative estimate of drug-likeness (QED) is 0.707. The van der Waals surface area contributed by atoms with Crippen molar-refractivity contribution in [2.45, 2.75) is 24.9 Å². The number of allylic oxidation sites excluding steroid dienone is 1. The fraction of sp³-hybridized carbons (Fsp3) is 0.667. The highest BCUT2D eigenvalue weighted by Gasteiger charge is 2.41. The molecule has 1 rings (SSSR count). The summed E-state index contributed by atoms with van der Waals surface area (Å²) in [6.45, 7) is 2.37. The van der Waals surface area contributed by atoms with Crippen LogP contribution in [0.3, 0.4) is 0 Å². The van der Waals surface area contributed by atoms with Crippen molar-refractivity contribution in [2.75, 3.05) is 12.9 Å². The van der Waals surface area contributed by atoms with E-state index in [0.717, 1.165) is 19.1 Å². The third kappa shape index (κ3) is 2.79. The van der Waals surface area contributed by atoms with Crippen LogP contribution in [0.25, 0.3) is 0 Å². The lowest BCUT2D eigenvalue weighted by atomic mass is 10.4. The standard InChI is InChI=1S/C9H16N2O3S/c1-3-4-8-14-9(15(2,12)13)10-6-5-7-11-9/h5-7,10H,3-4,8H2,1-2H3. The summed E-state index contributed by atoms with van der Waals surface area (Å²) in [5.74, 6) is 0. The van der Waals surface area contributed by atoms with Crippen LogP contribution in [-0.2, 0) is 14.6 Å². The molecular formula is C9H16N2O3S. The Kier molecular flexibility index (Phi) is 3.87. The number of hydrogen-bond donors (Lipinski definition) is 1. The van der Waals surface area contributed by atoms with Crippen molar-refractivity contribution in [2.24, 2.45) is 4.99 Å². The second-order valence-electron chi connectivity index (χ2n) is 3.34. The van der Waals surface area contributed by atoms with Gasteiger partial charge in [-0.3, -0.25) is 0 Å². The highest BCUT2D eigenvalue weighted by atomic mass is 32.2. The Bertz CT molecular complexity index is 362. The topological polar surface area (TPSA) is 67.8 Å². The maximum Gasteiger partial charge on any atom is 0.343 e. The maximum absolute atomic E-state index is 11.6. The Morgan fingerprint density at radius 2 is 2.27 bits per heavy atom. The van der Waals surface area contributed by atoms with E-state index < -0.39 is 15.0 Å². The van der Waals surface area contributed by atoms with Crippen LogP contribution in [0.5, 0.6) is 0 Å². The fourth-order valence-corrected chi connectivity index (χ4v) is 1.95. The molecule has 1 aliphatic rings. The lowest BCUT2D eigenvalue weighted by Crippen LogP contribution is -2.51. The number of nitrogens with zero attached hydrogens (tertiary/aromatic N) is 1. The largest absolute Gasteiger partial charge is 0.343 e. The maximum atomic E-state index is 11.6. The molecule has 0 aromatic carbocycles. The molecule has 0 aromatic rings. The molecule has 1 aliphatic heterocycles. The first kappa shape index (κ1) is 12.2. The average molecular weight is 232 g/mol. The van der Waals surface area contributed by atoms with Gasteiger partial charge in [0.25, 0.3) is 0 Å². The molecule has 6 heteroatoms. The first-order valence-electron chi connectivity index (χ1n) is 4.83. The minimum Gasteiger partial charge on any atom is -0.332 e. The lowest BCUT2D eigenvalue weighted by molar-refractivity contribution is 0.00768. The van der Waals surface area contributed by atoms with Crippen molar-refractivity contribution in [3.63, 3.8) is 0 Å². The SMILES string of the molecule is CCCCOC1(S(C)(=O)=O)N=CC=CN1. The van der Waals surface area contributed by atoms with Crippen LogP contribution in [0.4, 0.5) is 0 Å². The molecule has 1 atom stereocenters. The van der Waals surface area contributed by atoms with Crippen molar-refractivity contribution in [1.82, 2.24) is 5.32 Å². The molecule has 0 saturated heterocycles. The summed E-state index contributed by atoms with van der Waals surface area (Å²) in [5, 5.41) is 1.01. The fourth-order valence-electron chi connectivity index (χ4n) is 1.12. The van der Waals surface area contributed by atoms with E-state index in [1.807, 2.05) is 6.92 Å². The molecule has 0 saturated carbocycles. The van der Waals surface area contributed by atoms with E-state index in [-0.39, 0.29) is 0 Å². The second kappa shape index (κ2) is 4.76. The van der Waals surface area contributed by atoms with Crippen molar-refractivity contribution < 1.29 is 13.2 Å². The number of nitrogens with one attached hydrogen (secondary N) is 1. The van der Waals surface area contributed by atoms with Gasteiger partial charge < -0.3 is 10.1 Å². The van der Waals surface area contributed by atoms with Crippen molar-refractivity contribution in [3.8, 4) is 0 Å². The van der Waals surface area contributed by atoms with E-state index in [9.17, 15) is 8.42 Å². The molecular weight excluding hydrogens is 216 g/mol. The van der Waals surface area contributed by atoms with Crippen LogP contribution in [0, 0.1) is 0 Å². The van der Waals surface area contributed by atoms with Gasteiger partial charge in [0.05, 0.1) is 6.61 Å². The van der Waals surface area contributed by atoms with Crippen LogP contribution in [-0.4, -0.2) is 32.7 Å². The van der Waals surface area contributed by atoms with Crippen molar-refractivity contribution in [3.05, 3.63) is 12.3 Å². The Balaban J connectivity index is 2.79. The van der Waals surface area contributed by atoms with Gasteiger partial charge in [-0.2, -0.15) is 0 Å². The van der Waals surface area contributed by atoms with Gasteiger partial charge in [-0.05, 0) is 12.5 Å². The molecule has 0 aromatic heterocycles. The Hall–Kier alpha value is -0.880. The first-order chi connectivity index (χ1) is 7.02. The zero-order valence-electron chi connectivity index (χ0n) is 8.93. The summed E-state index contributed by atoms with van der Waals surface area (Å²) in [6, 6.07) is 0. The van der Waals surface area contributed by atoms with E-state index in [2.05, 4.69) is 10.3 Å². The van der Waals surface area contributed by atoms with Gasteiger partial charge in [0.1, 0.15) is 0 Å². The zero-order valence-corrected chi connectivity index (χ0v) is 9.75. The Morgan fingerprint density at radius 1 is 1.53 bits per heavy atom. The molecule has 0 bridgehead atoms. The van der Waals surface area contributed by atoms with E-state index in [0.29, 0.717) is 6.61 Å². The van der Waals surface area contributed by atoms with Gasteiger partial charge >= 0.3 is 5.18 Å². The van der Waals surface area contributed by atoms with Gasteiger partial charge in [-0.1, -0.05) is 13.3 Å². The van der Waals surface area contributed by atoms with E-state index in [1.54, 1.807) is 6.08 Å². The summed E-state index contributed by atoms with van der Waals surface area (Å²) < 4.78 is 28.5. The Labute approximate surface area is 90.1 Å². The summed E-state index contributed by atoms with van der Waals surface area (Å²) in [4.78, 5) is 3.87. The van der Waals surface area contributed by atoms with E-state index >= 15 is 0 Å². The van der Waals surface area contributed by atoms with Gasteiger partial charge in [-0.15, -0.1) is 0 Å². The molecule has 5 nitrogen and oxygen atoms in total. The molecule has 1 N–H and O–H groups in total. The molecule has 0 radical (unpaired) electrons. The normalized spacial score (nSPS) is 25.2. The van der Waals surface area contributed by atoms with Crippen LogP contribution < -0.4 is 5.32 Å². The summed E-state index contributed by atoms with van der Waals surface area (Å²) >= 11 is 0. The summed E-state index contributed by atoms with van der Waals surface area (Å²) in [6.07, 6.45) is 7.40. The number of rotatable bonds is 5. The van der Waals surface area contributed by atoms with Crippen LogP contribution in [0.1, 0.15) is 19.8 Å². The zero-order chi connectivity index (χ0) is 11.4.